The summed E-state index contributed by atoms with van der Waals surface area (Å²) in [7, 11) is 0. The first-order valence-electron chi connectivity index (χ1n) is 8.71. The van der Waals surface area contributed by atoms with Crippen molar-refractivity contribution in [1.82, 2.24) is 4.90 Å². The van der Waals surface area contributed by atoms with E-state index in [1.165, 1.54) is 5.56 Å². The average Bonchev–Trinajstić information content (AvgIpc) is 2.66. The zero-order valence-corrected chi connectivity index (χ0v) is 14.4. The summed E-state index contributed by atoms with van der Waals surface area (Å²) < 4.78 is 5.37. The van der Waals surface area contributed by atoms with E-state index in [1.54, 1.807) is 0 Å². The van der Waals surface area contributed by atoms with Crippen LogP contribution in [-0.2, 0) is 16.1 Å². The van der Waals surface area contributed by atoms with Crippen LogP contribution < -0.4 is 11.1 Å². The van der Waals surface area contributed by atoms with Gasteiger partial charge < -0.3 is 15.8 Å². The Hall–Kier alpha value is -2.21. The van der Waals surface area contributed by atoms with E-state index in [2.05, 4.69) is 22.3 Å². The lowest BCUT2D eigenvalue weighted by Crippen LogP contribution is -2.35. The van der Waals surface area contributed by atoms with Crippen LogP contribution in [0.15, 0.2) is 54.6 Å². The van der Waals surface area contributed by atoms with Crippen LogP contribution in [0.1, 0.15) is 17.0 Å². The molecule has 0 radical (unpaired) electrons. The number of nitrogens with two attached hydrogens (primary N) is 1. The van der Waals surface area contributed by atoms with E-state index in [0.717, 1.165) is 44.1 Å². The molecular weight excluding hydrogens is 314 g/mol. The Morgan fingerprint density at radius 3 is 2.40 bits per heavy atom. The molecule has 1 aliphatic rings. The molecule has 3 N–H and O–H groups in total. The van der Waals surface area contributed by atoms with Gasteiger partial charge in [-0.25, -0.2) is 0 Å². The number of anilines is 1. The van der Waals surface area contributed by atoms with Crippen LogP contribution in [0, 0.1) is 0 Å². The lowest BCUT2D eigenvalue weighted by molar-refractivity contribution is -0.117. The van der Waals surface area contributed by atoms with E-state index in [1.807, 2.05) is 42.5 Å². The zero-order valence-electron chi connectivity index (χ0n) is 14.4. The summed E-state index contributed by atoms with van der Waals surface area (Å²) >= 11 is 0. The highest BCUT2D eigenvalue weighted by Crippen LogP contribution is 2.18. The van der Waals surface area contributed by atoms with Crippen molar-refractivity contribution in [1.29, 1.82) is 0 Å². The number of rotatable bonds is 6. The molecule has 0 bridgehead atoms. The van der Waals surface area contributed by atoms with E-state index in [9.17, 15) is 4.79 Å². The third kappa shape index (κ3) is 4.89. The Morgan fingerprint density at radius 2 is 1.76 bits per heavy atom. The summed E-state index contributed by atoms with van der Waals surface area (Å²) in [6.45, 7) is 4.72. The summed E-state index contributed by atoms with van der Waals surface area (Å²) in [6.07, 6.45) is 0. The number of nitrogens with zero attached hydrogens (tertiary/aromatic N) is 1. The number of benzene rings is 2. The van der Waals surface area contributed by atoms with Gasteiger partial charge in [-0.2, -0.15) is 0 Å². The number of ether oxygens (including phenoxy) is 1. The second-order valence-electron chi connectivity index (χ2n) is 6.27. The fourth-order valence-corrected chi connectivity index (χ4v) is 3.02. The van der Waals surface area contributed by atoms with E-state index >= 15 is 0 Å². The van der Waals surface area contributed by atoms with Gasteiger partial charge >= 0.3 is 0 Å². The number of carbonyl (C=O) groups excluding carboxylic acids is 1. The third-order valence-electron chi connectivity index (χ3n) is 4.49. The molecule has 2 aromatic carbocycles. The molecule has 1 atom stereocenters. The van der Waals surface area contributed by atoms with Crippen molar-refractivity contribution in [3.63, 3.8) is 0 Å². The van der Waals surface area contributed by atoms with Gasteiger partial charge in [0.2, 0.25) is 5.91 Å². The van der Waals surface area contributed by atoms with E-state index < -0.39 is 0 Å². The second-order valence-corrected chi connectivity index (χ2v) is 6.27. The van der Waals surface area contributed by atoms with Gasteiger partial charge in [0.25, 0.3) is 0 Å². The van der Waals surface area contributed by atoms with Gasteiger partial charge in [0.1, 0.15) is 0 Å². The molecule has 1 unspecified atom stereocenters. The van der Waals surface area contributed by atoms with E-state index in [4.69, 9.17) is 10.5 Å². The van der Waals surface area contributed by atoms with Gasteiger partial charge in [0.15, 0.2) is 0 Å². The van der Waals surface area contributed by atoms with Gasteiger partial charge in [0, 0.05) is 31.9 Å². The molecule has 1 heterocycles. The van der Waals surface area contributed by atoms with Crippen LogP contribution >= 0.6 is 0 Å². The highest BCUT2D eigenvalue weighted by atomic mass is 16.5. The Morgan fingerprint density at radius 1 is 1.08 bits per heavy atom. The minimum atomic E-state index is -0.339. The maximum Gasteiger partial charge on any atom is 0.233 e. The molecule has 2 aromatic rings. The van der Waals surface area contributed by atoms with Gasteiger partial charge in [-0.3, -0.25) is 9.69 Å². The van der Waals surface area contributed by atoms with Crippen molar-refractivity contribution in [3.05, 3.63) is 65.7 Å². The Balaban J connectivity index is 1.59. The SMILES string of the molecule is NCC(C(=O)Nc1ccc(CN2CCOCC2)cc1)c1ccccc1. The number of morpholine rings is 1. The minimum absolute atomic E-state index is 0.0744. The number of hydrogen-bond donors (Lipinski definition) is 2. The maximum atomic E-state index is 12.5. The standard InChI is InChI=1S/C20H25N3O2/c21-14-19(17-4-2-1-3-5-17)20(24)22-18-8-6-16(7-9-18)15-23-10-12-25-13-11-23/h1-9,19H,10-15,21H2,(H,22,24). The van der Waals surface area contributed by atoms with Crippen LogP contribution in [0.4, 0.5) is 5.69 Å². The lowest BCUT2D eigenvalue weighted by Gasteiger charge is -2.26. The quantitative estimate of drug-likeness (QED) is 0.847. The van der Waals surface area contributed by atoms with Crippen molar-refractivity contribution >= 4 is 11.6 Å². The molecule has 1 amide bonds. The molecule has 0 saturated carbocycles. The number of hydrogen-bond acceptors (Lipinski definition) is 4. The largest absolute Gasteiger partial charge is 0.379 e. The molecule has 0 aromatic heterocycles. The highest BCUT2D eigenvalue weighted by molar-refractivity contribution is 5.96. The van der Waals surface area contributed by atoms with Crippen molar-refractivity contribution in [2.45, 2.75) is 12.5 Å². The van der Waals surface area contributed by atoms with Crippen molar-refractivity contribution in [2.24, 2.45) is 5.73 Å². The van der Waals surface area contributed by atoms with E-state index in [0.29, 0.717) is 0 Å². The maximum absolute atomic E-state index is 12.5. The van der Waals surface area contributed by atoms with Crippen LogP contribution in [0.25, 0.3) is 0 Å². The zero-order chi connectivity index (χ0) is 17.5. The monoisotopic (exact) mass is 339 g/mol. The number of nitrogens with one attached hydrogen (secondary N) is 1. The topological polar surface area (TPSA) is 67.6 Å². The predicted molar refractivity (Wildman–Crippen MR) is 99.4 cm³/mol. The van der Waals surface area contributed by atoms with Crippen molar-refractivity contribution in [3.8, 4) is 0 Å². The fraction of sp³-hybridized carbons (Fsp3) is 0.350. The molecule has 25 heavy (non-hydrogen) atoms. The first-order chi connectivity index (χ1) is 12.3. The normalized spacial score (nSPS) is 16.4. The van der Waals surface area contributed by atoms with Crippen molar-refractivity contribution < 1.29 is 9.53 Å². The Kier molecular flexibility index (Phi) is 6.17. The van der Waals surface area contributed by atoms with Gasteiger partial charge in [0.05, 0.1) is 19.1 Å². The Labute approximate surface area is 148 Å². The first kappa shape index (κ1) is 17.6. The highest BCUT2D eigenvalue weighted by Gasteiger charge is 2.19. The summed E-state index contributed by atoms with van der Waals surface area (Å²) in [6, 6.07) is 17.7. The fourth-order valence-electron chi connectivity index (χ4n) is 3.02. The number of amides is 1. The first-order valence-corrected chi connectivity index (χ1v) is 8.71. The van der Waals surface area contributed by atoms with Crippen LogP contribution in [0.5, 0.6) is 0 Å². The lowest BCUT2D eigenvalue weighted by atomic mass is 9.98. The summed E-state index contributed by atoms with van der Waals surface area (Å²) in [5.41, 5.74) is 8.78. The van der Waals surface area contributed by atoms with Crippen molar-refractivity contribution in [2.75, 3.05) is 38.2 Å². The van der Waals surface area contributed by atoms with Gasteiger partial charge in [-0.05, 0) is 23.3 Å². The molecule has 1 aliphatic heterocycles. The molecule has 1 fully saturated rings. The summed E-state index contributed by atoms with van der Waals surface area (Å²) in [5.74, 6) is -0.413. The van der Waals surface area contributed by atoms with Crippen LogP contribution in [0.3, 0.4) is 0 Å². The van der Waals surface area contributed by atoms with E-state index in [-0.39, 0.29) is 18.4 Å². The molecule has 5 nitrogen and oxygen atoms in total. The molecule has 0 spiro atoms. The van der Waals surface area contributed by atoms with Gasteiger partial charge in [-0.15, -0.1) is 0 Å². The van der Waals surface area contributed by atoms with Gasteiger partial charge in [-0.1, -0.05) is 42.5 Å². The van der Waals surface area contributed by atoms with Crippen LogP contribution in [-0.4, -0.2) is 43.7 Å². The molecule has 3 rings (SSSR count). The smallest absolute Gasteiger partial charge is 0.233 e. The predicted octanol–water partition coefficient (Wildman–Crippen LogP) is 2.20. The molecule has 0 aliphatic carbocycles. The number of carbonyl (C=O) groups is 1. The third-order valence-corrected chi connectivity index (χ3v) is 4.49. The molecule has 132 valence electrons. The van der Waals surface area contributed by atoms with Crippen LogP contribution in [0.2, 0.25) is 0 Å². The minimum Gasteiger partial charge on any atom is -0.379 e. The molecule has 1 saturated heterocycles. The average molecular weight is 339 g/mol. The molecule has 5 heteroatoms. The summed E-state index contributed by atoms with van der Waals surface area (Å²) in [4.78, 5) is 14.9. The summed E-state index contributed by atoms with van der Waals surface area (Å²) in [5, 5.41) is 2.97. The molecular formula is C20H25N3O2. The Bertz CT molecular complexity index is 667. The second kappa shape index (κ2) is 8.76.